The summed E-state index contributed by atoms with van der Waals surface area (Å²) in [7, 11) is 0. The van der Waals surface area contributed by atoms with E-state index in [1.807, 2.05) is 13.8 Å². The second-order valence-electron chi connectivity index (χ2n) is 7.31. The molecule has 1 aliphatic rings. The van der Waals surface area contributed by atoms with Gasteiger partial charge in [0.2, 0.25) is 5.91 Å². The molecule has 3 aromatic rings. The maximum Gasteiger partial charge on any atom is 0.341 e. The summed E-state index contributed by atoms with van der Waals surface area (Å²) in [5.74, 6) is -0.567. The van der Waals surface area contributed by atoms with Crippen LogP contribution in [0.5, 0.6) is 0 Å². The largest absolute Gasteiger partial charge is 0.462 e. The van der Waals surface area contributed by atoms with Crippen molar-refractivity contribution in [3.63, 3.8) is 0 Å². The summed E-state index contributed by atoms with van der Waals surface area (Å²) in [6.07, 6.45) is 3.86. The molecule has 0 atom stereocenters. The highest BCUT2D eigenvalue weighted by Gasteiger charge is 2.27. The molecule has 0 bridgehead atoms. The number of thiophene rings is 2. The van der Waals surface area contributed by atoms with Gasteiger partial charge >= 0.3 is 5.97 Å². The topological polar surface area (TPSA) is 101 Å². The molecule has 0 unspecified atom stereocenters. The molecule has 31 heavy (non-hydrogen) atoms. The van der Waals surface area contributed by atoms with Gasteiger partial charge in [-0.15, -0.1) is 22.7 Å². The first-order chi connectivity index (χ1) is 14.9. The third-order valence-electron chi connectivity index (χ3n) is 5.26. The van der Waals surface area contributed by atoms with Crippen LogP contribution in [0.15, 0.2) is 9.95 Å². The molecule has 0 radical (unpaired) electrons. The predicted molar refractivity (Wildman–Crippen MR) is 126 cm³/mol. The summed E-state index contributed by atoms with van der Waals surface area (Å²) in [5, 5.41) is 4.45. The summed E-state index contributed by atoms with van der Waals surface area (Å²) in [6.45, 7) is 5.93. The van der Waals surface area contributed by atoms with Crippen molar-refractivity contribution < 1.29 is 14.3 Å². The first kappa shape index (κ1) is 22.0. The minimum absolute atomic E-state index is 0.0720. The van der Waals surface area contributed by atoms with E-state index in [0.29, 0.717) is 25.9 Å². The van der Waals surface area contributed by atoms with Gasteiger partial charge in [0.25, 0.3) is 5.56 Å². The first-order valence-corrected chi connectivity index (χ1v) is 12.7. The zero-order valence-electron chi connectivity index (χ0n) is 17.5. The SMILES string of the molecule is CCOC(=O)c1c(NC(=O)CSc2nc3sc(C)c(C)c3c(=O)[nH]2)sc2c1CCCC2. The number of carbonyl (C=O) groups excluding carboxylic acids is 2. The molecule has 0 saturated heterocycles. The van der Waals surface area contributed by atoms with E-state index >= 15 is 0 Å². The van der Waals surface area contributed by atoms with Crippen molar-refractivity contribution in [1.82, 2.24) is 9.97 Å². The number of nitrogens with one attached hydrogen (secondary N) is 2. The molecule has 0 spiro atoms. The Morgan fingerprint density at radius 3 is 2.77 bits per heavy atom. The molecule has 164 valence electrons. The number of thioether (sulfide) groups is 1. The lowest BCUT2D eigenvalue weighted by Gasteiger charge is -2.12. The number of H-pyrrole nitrogens is 1. The van der Waals surface area contributed by atoms with Crippen molar-refractivity contribution in [3.05, 3.63) is 36.8 Å². The fourth-order valence-electron chi connectivity index (χ4n) is 3.67. The Labute approximate surface area is 191 Å². The third kappa shape index (κ3) is 4.42. The molecule has 2 N–H and O–H groups in total. The quantitative estimate of drug-likeness (QED) is 0.309. The van der Waals surface area contributed by atoms with Crippen LogP contribution in [0.4, 0.5) is 5.00 Å². The molecule has 0 aromatic carbocycles. The number of aryl methyl sites for hydroxylation is 3. The van der Waals surface area contributed by atoms with E-state index in [-0.39, 0.29) is 29.8 Å². The second kappa shape index (κ2) is 9.13. The van der Waals surface area contributed by atoms with E-state index in [9.17, 15) is 14.4 Å². The van der Waals surface area contributed by atoms with Crippen LogP contribution in [0.2, 0.25) is 0 Å². The Morgan fingerprint density at radius 1 is 1.23 bits per heavy atom. The Kier molecular flexibility index (Phi) is 6.49. The number of aromatic amines is 1. The molecule has 4 rings (SSSR count). The predicted octanol–water partition coefficient (Wildman–Crippen LogP) is 4.45. The van der Waals surface area contributed by atoms with Crippen molar-refractivity contribution >= 4 is 61.5 Å². The number of fused-ring (bicyclic) bond motifs is 2. The number of anilines is 1. The average Bonchev–Trinajstić information content (AvgIpc) is 3.23. The van der Waals surface area contributed by atoms with E-state index in [1.54, 1.807) is 6.92 Å². The number of hydrogen-bond acceptors (Lipinski definition) is 8. The van der Waals surface area contributed by atoms with Gasteiger partial charge in [-0.2, -0.15) is 0 Å². The zero-order valence-corrected chi connectivity index (χ0v) is 20.0. The van der Waals surface area contributed by atoms with Crippen LogP contribution in [-0.2, 0) is 22.4 Å². The highest BCUT2D eigenvalue weighted by molar-refractivity contribution is 7.99. The summed E-state index contributed by atoms with van der Waals surface area (Å²) >= 11 is 4.10. The Balaban J connectivity index is 1.51. The first-order valence-electron chi connectivity index (χ1n) is 10.1. The highest BCUT2D eigenvalue weighted by Crippen LogP contribution is 2.38. The molecular formula is C21H23N3O4S3. The lowest BCUT2D eigenvalue weighted by Crippen LogP contribution is -2.17. The summed E-state index contributed by atoms with van der Waals surface area (Å²) in [6, 6.07) is 0. The van der Waals surface area contributed by atoms with Crippen molar-refractivity contribution in [2.24, 2.45) is 0 Å². The maximum absolute atomic E-state index is 12.6. The van der Waals surface area contributed by atoms with E-state index < -0.39 is 0 Å². The second-order valence-corrected chi connectivity index (χ2v) is 10.6. The van der Waals surface area contributed by atoms with Crippen LogP contribution in [0.25, 0.3) is 10.2 Å². The number of aromatic nitrogens is 2. The molecule has 10 heteroatoms. The molecule has 0 fully saturated rings. The van der Waals surface area contributed by atoms with Crippen LogP contribution >= 0.6 is 34.4 Å². The summed E-state index contributed by atoms with van der Waals surface area (Å²) in [5.41, 5.74) is 2.26. The Morgan fingerprint density at radius 2 is 2.00 bits per heavy atom. The van der Waals surface area contributed by atoms with Crippen molar-refractivity contribution in [2.75, 3.05) is 17.7 Å². The molecule has 1 amide bonds. The molecule has 1 aliphatic carbocycles. The Bertz CT molecular complexity index is 1220. The molecule has 3 heterocycles. The van der Waals surface area contributed by atoms with Gasteiger partial charge in [0.05, 0.1) is 23.3 Å². The number of rotatable bonds is 6. The third-order valence-corrected chi connectivity index (χ3v) is 8.44. The number of nitrogens with zero attached hydrogens (tertiary/aromatic N) is 1. The van der Waals surface area contributed by atoms with E-state index in [2.05, 4.69) is 15.3 Å². The van der Waals surface area contributed by atoms with Gasteiger partial charge < -0.3 is 15.0 Å². The standard InChI is InChI=1S/C21H23N3O4S3/c1-4-28-20(27)16-12-7-5-6-8-13(12)31-19(16)22-14(25)9-29-21-23-17(26)15-10(2)11(3)30-18(15)24-21/h4-9H2,1-3H3,(H,22,25)(H,23,24,26). The van der Waals surface area contributed by atoms with E-state index in [4.69, 9.17) is 4.74 Å². The Hall–Kier alpha value is -2.17. The fourth-order valence-corrected chi connectivity index (χ4v) is 6.72. The maximum atomic E-state index is 12.6. The normalized spacial score (nSPS) is 13.3. The lowest BCUT2D eigenvalue weighted by molar-refractivity contribution is -0.113. The number of hydrogen-bond donors (Lipinski definition) is 2. The minimum atomic E-state index is -0.385. The minimum Gasteiger partial charge on any atom is -0.462 e. The monoisotopic (exact) mass is 477 g/mol. The number of esters is 1. The van der Waals surface area contributed by atoms with Crippen LogP contribution in [0.1, 0.15) is 51.0 Å². The number of amides is 1. The van der Waals surface area contributed by atoms with Gasteiger partial charge in [0, 0.05) is 9.75 Å². The van der Waals surface area contributed by atoms with Crippen LogP contribution in [0.3, 0.4) is 0 Å². The molecule has 3 aromatic heterocycles. The van der Waals surface area contributed by atoms with Crippen molar-refractivity contribution in [2.45, 2.75) is 51.6 Å². The van der Waals surface area contributed by atoms with Gasteiger partial charge in [0.15, 0.2) is 5.16 Å². The number of ether oxygens (including phenoxy) is 1. The summed E-state index contributed by atoms with van der Waals surface area (Å²) < 4.78 is 5.23. The molecular weight excluding hydrogens is 454 g/mol. The average molecular weight is 478 g/mol. The van der Waals surface area contributed by atoms with Crippen molar-refractivity contribution in [1.29, 1.82) is 0 Å². The lowest BCUT2D eigenvalue weighted by atomic mass is 9.95. The summed E-state index contributed by atoms with van der Waals surface area (Å²) in [4.78, 5) is 47.7. The molecule has 0 aliphatic heterocycles. The smallest absolute Gasteiger partial charge is 0.341 e. The van der Waals surface area contributed by atoms with Gasteiger partial charge in [-0.25, -0.2) is 9.78 Å². The van der Waals surface area contributed by atoms with E-state index in [1.165, 1.54) is 34.4 Å². The molecule has 7 nitrogen and oxygen atoms in total. The highest BCUT2D eigenvalue weighted by atomic mass is 32.2. The van der Waals surface area contributed by atoms with Gasteiger partial charge in [-0.05, 0) is 57.6 Å². The number of carbonyl (C=O) groups is 2. The van der Waals surface area contributed by atoms with Crippen molar-refractivity contribution in [3.8, 4) is 0 Å². The zero-order chi connectivity index (χ0) is 22.1. The van der Waals surface area contributed by atoms with Gasteiger partial charge in [-0.3, -0.25) is 9.59 Å². The van der Waals surface area contributed by atoms with Gasteiger partial charge in [0.1, 0.15) is 9.83 Å². The van der Waals surface area contributed by atoms with E-state index in [0.717, 1.165) is 46.6 Å². The molecule has 0 saturated carbocycles. The van der Waals surface area contributed by atoms with Crippen LogP contribution < -0.4 is 10.9 Å². The van der Waals surface area contributed by atoms with Crippen LogP contribution in [0, 0.1) is 13.8 Å². The fraction of sp³-hybridized carbons (Fsp3) is 0.429. The van der Waals surface area contributed by atoms with Gasteiger partial charge in [-0.1, -0.05) is 11.8 Å². The van der Waals surface area contributed by atoms with Crippen LogP contribution in [-0.4, -0.2) is 34.2 Å².